The topological polar surface area (TPSA) is 156 Å². The summed E-state index contributed by atoms with van der Waals surface area (Å²) < 4.78 is 12.2. The van der Waals surface area contributed by atoms with Gasteiger partial charge in [-0.3, -0.25) is 15.2 Å². The standard InChI is InChI=1S/C26H27N5O3.C2H4O2/c1-16-14-19(12-13-22(16)33-2)20(15-17-8-10-18(11-9-17)24(27)28)25-29-26(32)31(30-25)21-6-4-5-7-23(21)34-3;1-2(3)4/h4-14,20H,15H2,1-3H3,(H3,27,28)(H,29,30,32);1H3,(H,3,4). The SMILES string of the molecule is CC(=O)O.COc1ccc(C(Cc2ccc(C(=N)N)cc2)c2nn(-c3ccccc3OC)c(=O)[nH]2)cc1C. The van der Waals surface area contributed by atoms with Crippen molar-refractivity contribution in [1.82, 2.24) is 14.8 Å². The van der Waals surface area contributed by atoms with Gasteiger partial charge in [0.1, 0.15) is 28.8 Å². The fourth-order valence-corrected chi connectivity index (χ4v) is 4.01. The third kappa shape index (κ3) is 6.67. The van der Waals surface area contributed by atoms with Gasteiger partial charge in [0, 0.05) is 18.4 Å². The molecule has 0 aliphatic carbocycles. The number of methoxy groups -OCH3 is 2. The molecule has 0 bridgehead atoms. The van der Waals surface area contributed by atoms with Crippen LogP contribution in [0.5, 0.6) is 11.5 Å². The minimum atomic E-state index is -0.833. The number of aromatic nitrogens is 3. The van der Waals surface area contributed by atoms with Crippen LogP contribution in [0, 0.1) is 12.3 Å². The Kier molecular flexibility index (Phi) is 9.04. The number of benzene rings is 3. The molecule has 38 heavy (non-hydrogen) atoms. The maximum Gasteiger partial charge on any atom is 0.348 e. The lowest BCUT2D eigenvalue weighted by Gasteiger charge is -2.17. The number of ether oxygens (including phenoxy) is 2. The van der Waals surface area contributed by atoms with E-state index in [4.69, 9.17) is 30.5 Å². The summed E-state index contributed by atoms with van der Waals surface area (Å²) in [6.07, 6.45) is 0.586. The lowest BCUT2D eigenvalue weighted by Crippen LogP contribution is -2.16. The predicted molar refractivity (Wildman–Crippen MR) is 145 cm³/mol. The molecule has 3 aromatic carbocycles. The summed E-state index contributed by atoms with van der Waals surface area (Å²) >= 11 is 0. The Hall–Kier alpha value is -4.86. The molecule has 0 fully saturated rings. The van der Waals surface area contributed by atoms with Crippen molar-refractivity contribution in [1.29, 1.82) is 5.41 Å². The number of H-pyrrole nitrogens is 1. The number of aryl methyl sites for hydroxylation is 1. The summed E-state index contributed by atoms with van der Waals surface area (Å²) in [4.78, 5) is 24.9. The number of para-hydroxylation sites is 2. The first-order valence-electron chi connectivity index (χ1n) is 11.7. The molecule has 1 aromatic heterocycles. The first-order chi connectivity index (χ1) is 18.1. The number of nitrogens with two attached hydrogens (primary N) is 1. The molecule has 0 amide bonds. The van der Waals surface area contributed by atoms with Crippen LogP contribution < -0.4 is 20.9 Å². The van der Waals surface area contributed by atoms with Gasteiger partial charge in [0.15, 0.2) is 0 Å². The Morgan fingerprint density at radius 3 is 2.29 bits per heavy atom. The Balaban J connectivity index is 0.000000934. The van der Waals surface area contributed by atoms with Crippen molar-refractivity contribution in [3.63, 3.8) is 0 Å². The molecule has 5 N–H and O–H groups in total. The summed E-state index contributed by atoms with van der Waals surface area (Å²) in [5, 5.41) is 19.7. The average molecular weight is 518 g/mol. The van der Waals surface area contributed by atoms with E-state index in [1.165, 1.54) is 4.68 Å². The summed E-state index contributed by atoms with van der Waals surface area (Å²) in [6.45, 7) is 3.07. The zero-order chi connectivity index (χ0) is 27.8. The molecule has 198 valence electrons. The highest BCUT2D eigenvalue weighted by Crippen LogP contribution is 2.30. The van der Waals surface area contributed by atoms with E-state index >= 15 is 0 Å². The molecule has 1 atom stereocenters. The van der Waals surface area contributed by atoms with Crippen LogP contribution in [0.1, 0.15) is 40.9 Å². The number of carboxylic acid groups (broad SMARTS) is 1. The van der Waals surface area contributed by atoms with E-state index in [-0.39, 0.29) is 17.4 Å². The second-order valence-corrected chi connectivity index (χ2v) is 8.51. The van der Waals surface area contributed by atoms with Gasteiger partial charge >= 0.3 is 5.69 Å². The minimum Gasteiger partial charge on any atom is -0.496 e. The lowest BCUT2D eigenvalue weighted by molar-refractivity contribution is -0.134. The van der Waals surface area contributed by atoms with Crippen LogP contribution in [-0.4, -0.2) is 45.9 Å². The van der Waals surface area contributed by atoms with Crippen LogP contribution in [0.15, 0.2) is 71.5 Å². The fraction of sp³-hybridized carbons (Fsp3) is 0.214. The smallest absolute Gasteiger partial charge is 0.348 e. The molecule has 1 unspecified atom stereocenters. The summed E-state index contributed by atoms with van der Waals surface area (Å²) in [5.41, 5.74) is 9.49. The number of nitrogens with zero attached hydrogens (tertiary/aromatic N) is 2. The van der Waals surface area contributed by atoms with Gasteiger partial charge in [-0.05, 0) is 48.2 Å². The van der Waals surface area contributed by atoms with Gasteiger partial charge in [0.25, 0.3) is 5.97 Å². The summed E-state index contributed by atoms with van der Waals surface area (Å²) in [5.74, 6) is 0.849. The van der Waals surface area contributed by atoms with Gasteiger partial charge < -0.3 is 20.3 Å². The molecule has 0 radical (unpaired) electrons. The van der Waals surface area contributed by atoms with Gasteiger partial charge in [-0.1, -0.05) is 48.5 Å². The highest BCUT2D eigenvalue weighted by Gasteiger charge is 2.22. The van der Waals surface area contributed by atoms with E-state index in [0.29, 0.717) is 29.2 Å². The molecule has 0 aliphatic heterocycles. The third-order valence-electron chi connectivity index (χ3n) is 5.80. The Morgan fingerprint density at radius 1 is 1.08 bits per heavy atom. The number of nitrogens with one attached hydrogen (secondary N) is 2. The predicted octanol–water partition coefficient (Wildman–Crippen LogP) is 3.64. The first kappa shape index (κ1) is 27.7. The van der Waals surface area contributed by atoms with Crippen molar-refractivity contribution in [2.45, 2.75) is 26.2 Å². The highest BCUT2D eigenvalue weighted by atomic mass is 16.5. The number of rotatable bonds is 8. The quantitative estimate of drug-likeness (QED) is 0.205. The van der Waals surface area contributed by atoms with Crippen LogP contribution in [0.2, 0.25) is 0 Å². The van der Waals surface area contributed by atoms with Crippen molar-refractivity contribution in [2.24, 2.45) is 5.73 Å². The molecule has 4 rings (SSSR count). The van der Waals surface area contributed by atoms with Crippen molar-refractivity contribution in [2.75, 3.05) is 14.2 Å². The highest BCUT2D eigenvalue weighted by molar-refractivity contribution is 5.94. The Bertz CT molecular complexity index is 1470. The maximum atomic E-state index is 12.9. The number of carbonyl (C=O) groups is 1. The normalized spacial score (nSPS) is 11.2. The number of hydrogen-bond acceptors (Lipinski definition) is 6. The van der Waals surface area contributed by atoms with Gasteiger partial charge in [-0.2, -0.15) is 4.68 Å². The van der Waals surface area contributed by atoms with Crippen molar-refractivity contribution in [3.8, 4) is 17.2 Å². The molecule has 1 heterocycles. The van der Waals surface area contributed by atoms with Crippen molar-refractivity contribution < 1.29 is 19.4 Å². The van der Waals surface area contributed by atoms with E-state index in [0.717, 1.165) is 29.4 Å². The summed E-state index contributed by atoms with van der Waals surface area (Å²) in [7, 11) is 3.20. The zero-order valence-electron chi connectivity index (χ0n) is 21.7. The van der Waals surface area contributed by atoms with Crippen molar-refractivity contribution >= 4 is 11.8 Å². The Morgan fingerprint density at radius 2 is 1.71 bits per heavy atom. The first-order valence-corrected chi connectivity index (χ1v) is 11.7. The molecule has 0 spiro atoms. The molecule has 0 saturated carbocycles. The molecular formula is C28H31N5O5. The van der Waals surface area contributed by atoms with Gasteiger partial charge in [-0.25, -0.2) is 4.79 Å². The van der Waals surface area contributed by atoms with Crippen molar-refractivity contribution in [3.05, 3.63) is 105 Å². The zero-order valence-corrected chi connectivity index (χ0v) is 21.7. The van der Waals surface area contributed by atoms with E-state index in [1.54, 1.807) is 26.4 Å². The number of nitrogen functional groups attached to an aromatic ring is 1. The third-order valence-corrected chi connectivity index (χ3v) is 5.80. The lowest BCUT2D eigenvalue weighted by atomic mass is 9.90. The van der Waals surface area contributed by atoms with Crippen LogP contribution in [-0.2, 0) is 11.2 Å². The Labute approximate surface area is 220 Å². The van der Waals surface area contributed by atoms with E-state index in [2.05, 4.69) is 10.1 Å². The number of carboxylic acids is 1. The maximum absolute atomic E-state index is 12.9. The fourth-order valence-electron chi connectivity index (χ4n) is 4.01. The number of aliphatic carboxylic acids is 1. The molecule has 4 aromatic rings. The van der Waals surface area contributed by atoms with Gasteiger partial charge in [0.2, 0.25) is 0 Å². The minimum absolute atomic E-state index is 0.0220. The van der Waals surface area contributed by atoms with E-state index < -0.39 is 5.97 Å². The van der Waals surface area contributed by atoms with Crippen LogP contribution in [0.4, 0.5) is 0 Å². The van der Waals surface area contributed by atoms with Crippen LogP contribution in [0.3, 0.4) is 0 Å². The molecule has 0 saturated heterocycles. The van der Waals surface area contributed by atoms with E-state index in [1.807, 2.05) is 61.5 Å². The number of aromatic amines is 1. The average Bonchev–Trinajstić information content (AvgIpc) is 3.28. The second kappa shape index (κ2) is 12.4. The molecule has 10 nitrogen and oxygen atoms in total. The van der Waals surface area contributed by atoms with Gasteiger partial charge in [0.05, 0.1) is 14.2 Å². The monoisotopic (exact) mass is 517 g/mol. The number of hydrogen-bond donors (Lipinski definition) is 4. The molecular weight excluding hydrogens is 486 g/mol. The second-order valence-electron chi connectivity index (χ2n) is 8.51. The summed E-state index contributed by atoms with van der Waals surface area (Å²) in [6, 6.07) is 20.7. The van der Waals surface area contributed by atoms with Crippen LogP contribution >= 0.6 is 0 Å². The van der Waals surface area contributed by atoms with Crippen LogP contribution in [0.25, 0.3) is 5.69 Å². The van der Waals surface area contributed by atoms with Gasteiger partial charge in [-0.15, -0.1) is 5.10 Å². The number of amidine groups is 1. The largest absolute Gasteiger partial charge is 0.496 e. The van der Waals surface area contributed by atoms with E-state index in [9.17, 15) is 4.79 Å². The molecule has 0 aliphatic rings. The molecule has 10 heteroatoms.